The average Bonchev–Trinajstić information content (AvgIpc) is 2.52. The summed E-state index contributed by atoms with van der Waals surface area (Å²) in [6.45, 7) is 10.1. The first-order chi connectivity index (χ1) is 10.6. The van der Waals surface area contributed by atoms with Crippen molar-refractivity contribution in [3.63, 3.8) is 0 Å². The Balaban J connectivity index is 1.97. The van der Waals surface area contributed by atoms with Crippen LogP contribution in [0.25, 0.3) is 10.9 Å². The predicted octanol–water partition coefficient (Wildman–Crippen LogP) is 3.74. The normalized spacial score (nSPS) is 12.7. The first-order valence-corrected chi connectivity index (χ1v) is 8.27. The highest BCUT2D eigenvalue weighted by atomic mass is 15.1. The Kier molecular flexibility index (Phi) is 6.01. The fraction of sp³-hybridized carbons (Fsp3) is 0.500. The van der Waals surface area contributed by atoms with E-state index in [1.54, 1.807) is 0 Å². The van der Waals surface area contributed by atoms with Crippen molar-refractivity contribution in [1.82, 2.24) is 9.88 Å². The molecular formula is C18H28N4. The van der Waals surface area contributed by atoms with E-state index in [0.717, 1.165) is 41.8 Å². The van der Waals surface area contributed by atoms with Gasteiger partial charge >= 0.3 is 0 Å². The van der Waals surface area contributed by atoms with Gasteiger partial charge in [0, 0.05) is 29.0 Å². The smallest absolute Gasteiger partial charge is 0.0724 e. The number of pyridine rings is 1. The van der Waals surface area contributed by atoms with Crippen molar-refractivity contribution < 1.29 is 0 Å². The van der Waals surface area contributed by atoms with Crippen LogP contribution in [0, 0.1) is 0 Å². The summed E-state index contributed by atoms with van der Waals surface area (Å²) < 4.78 is 0. The van der Waals surface area contributed by atoms with Crippen molar-refractivity contribution in [2.45, 2.75) is 39.7 Å². The molecule has 120 valence electrons. The molecule has 0 fully saturated rings. The van der Waals surface area contributed by atoms with E-state index in [9.17, 15) is 0 Å². The summed E-state index contributed by atoms with van der Waals surface area (Å²) in [4.78, 5) is 6.86. The largest absolute Gasteiger partial charge is 0.399 e. The molecule has 1 atom stereocenters. The maximum absolute atomic E-state index is 5.91. The lowest BCUT2D eigenvalue weighted by atomic mass is 10.1. The molecule has 0 radical (unpaired) electrons. The van der Waals surface area contributed by atoms with E-state index in [1.165, 1.54) is 13.0 Å². The number of anilines is 2. The Morgan fingerprint density at radius 2 is 2.00 bits per heavy atom. The van der Waals surface area contributed by atoms with Gasteiger partial charge < -0.3 is 16.0 Å². The van der Waals surface area contributed by atoms with E-state index < -0.39 is 0 Å². The second kappa shape index (κ2) is 7.99. The van der Waals surface area contributed by atoms with Crippen LogP contribution in [0.5, 0.6) is 0 Å². The third kappa shape index (κ3) is 4.34. The van der Waals surface area contributed by atoms with E-state index in [-0.39, 0.29) is 0 Å². The number of benzene rings is 1. The van der Waals surface area contributed by atoms with Gasteiger partial charge in [-0.25, -0.2) is 0 Å². The number of nitrogens with one attached hydrogen (secondary N) is 1. The lowest BCUT2D eigenvalue weighted by molar-refractivity contribution is 0.295. The maximum Gasteiger partial charge on any atom is 0.0724 e. The molecule has 0 aliphatic rings. The van der Waals surface area contributed by atoms with E-state index in [4.69, 9.17) is 5.73 Å². The Labute approximate surface area is 133 Å². The fourth-order valence-electron chi connectivity index (χ4n) is 2.79. The minimum atomic E-state index is 0.433. The predicted molar refractivity (Wildman–Crippen MR) is 96.3 cm³/mol. The highest BCUT2D eigenvalue weighted by Gasteiger charge is 2.07. The maximum atomic E-state index is 5.91. The zero-order valence-electron chi connectivity index (χ0n) is 14.0. The van der Waals surface area contributed by atoms with E-state index in [0.29, 0.717) is 6.04 Å². The Bertz CT molecular complexity index is 593. The number of nitrogens with zero attached hydrogens (tertiary/aromatic N) is 2. The van der Waals surface area contributed by atoms with Crippen LogP contribution in [0.4, 0.5) is 11.4 Å². The average molecular weight is 300 g/mol. The van der Waals surface area contributed by atoms with Gasteiger partial charge in [0.1, 0.15) is 0 Å². The second-order valence-corrected chi connectivity index (χ2v) is 5.85. The molecule has 1 aromatic heterocycles. The van der Waals surface area contributed by atoms with Crippen LogP contribution in [0.3, 0.4) is 0 Å². The standard InChI is InChI=1S/C18H28N4/c1-4-22(5-2)12-6-7-14(3)21-18-10-11-20-17-9-8-15(19)13-16(17)18/h8-11,13-14H,4-7,12,19H2,1-3H3,(H,20,21)/t14-/m1/s1. The number of nitrogen functional groups attached to an aromatic ring is 1. The number of hydrogen-bond donors (Lipinski definition) is 2. The van der Waals surface area contributed by atoms with E-state index in [1.807, 2.05) is 30.5 Å². The summed E-state index contributed by atoms with van der Waals surface area (Å²) in [5.41, 5.74) is 8.78. The van der Waals surface area contributed by atoms with Gasteiger partial charge in [0.25, 0.3) is 0 Å². The highest BCUT2D eigenvalue weighted by molar-refractivity contribution is 5.93. The molecule has 0 saturated carbocycles. The zero-order valence-corrected chi connectivity index (χ0v) is 14.0. The minimum absolute atomic E-state index is 0.433. The number of hydrogen-bond acceptors (Lipinski definition) is 4. The molecule has 3 N–H and O–H groups in total. The van der Waals surface area contributed by atoms with Gasteiger partial charge in [-0.05, 0) is 63.7 Å². The molecule has 4 heteroatoms. The molecule has 0 bridgehead atoms. The van der Waals surface area contributed by atoms with Crippen molar-refractivity contribution in [2.75, 3.05) is 30.7 Å². The molecule has 2 aromatic rings. The lowest BCUT2D eigenvalue weighted by Gasteiger charge is -2.20. The molecular weight excluding hydrogens is 272 g/mol. The van der Waals surface area contributed by atoms with Crippen LogP contribution < -0.4 is 11.1 Å². The summed E-state index contributed by atoms with van der Waals surface area (Å²) in [7, 11) is 0. The van der Waals surface area contributed by atoms with Gasteiger partial charge in [-0.1, -0.05) is 13.8 Å². The van der Waals surface area contributed by atoms with E-state index >= 15 is 0 Å². The Hall–Kier alpha value is -1.81. The zero-order chi connectivity index (χ0) is 15.9. The number of nitrogens with two attached hydrogens (primary N) is 1. The van der Waals surface area contributed by atoms with Crippen LogP contribution in [0.2, 0.25) is 0 Å². The van der Waals surface area contributed by atoms with Crippen LogP contribution in [-0.2, 0) is 0 Å². The molecule has 1 aromatic carbocycles. The number of aromatic nitrogens is 1. The van der Waals surface area contributed by atoms with Crippen molar-refractivity contribution in [1.29, 1.82) is 0 Å². The molecule has 1 heterocycles. The van der Waals surface area contributed by atoms with Gasteiger partial charge in [-0.2, -0.15) is 0 Å². The third-order valence-electron chi connectivity index (χ3n) is 4.17. The van der Waals surface area contributed by atoms with Gasteiger partial charge in [-0.3, -0.25) is 4.98 Å². The van der Waals surface area contributed by atoms with Crippen molar-refractivity contribution in [3.8, 4) is 0 Å². The summed E-state index contributed by atoms with van der Waals surface area (Å²) in [5.74, 6) is 0. The molecule has 0 amide bonds. The lowest BCUT2D eigenvalue weighted by Crippen LogP contribution is -2.25. The number of rotatable bonds is 8. The monoisotopic (exact) mass is 300 g/mol. The summed E-state index contributed by atoms with van der Waals surface area (Å²) in [5, 5.41) is 4.70. The fourth-order valence-corrected chi connectivity index (χ4v) is 2.79. The van der Waals surface area contributed by atoms with Crippen LogP contribution >= 0.6 is 0 Å². The van der Waals surface area contributed by atoms with Crippen molar-refractivity contribution >= 4 is 22.3 Å². The molecule has 0 aliphatic heterocycles. The first kappa shape index (κ1) is 16.6. The second-order valence-electron chi connectivity index (χ2n) is 5.85. The van der Waals surface area contributed by atoms with Crippen molar-refractivity contribution in [3.05, 3.63) is 30.5 Å². The van der Waals surface area contributed by atoms with Crippen LogP contribution in [0.1, 0.15) is 33.6 Å². The van der Waals surface area contributed by atoms with Crippen molar-refractivity contribution in [2.24, 2.45) is 0 Å². The quantitative estimate of drug-likeness (QED) is 0.729. The number of fused-ring (bicyclic) bond motifs is 1. The molecule has 0 spiro atoms. The van der Waals surface area contributed by atoms with Gasteiger partial charge in [0.15, 0.2) is 0 Å². The summed E-state index contributed by atoms with van der Waals surface area (Å²) in [6, 6.07) is 8.33. The summed E-state index contributed by atoms with van der Waals surface area (Å²) in [6.07, 6.45) is 4.22. The Morgan fingerprint density at radius 1 is 1.23 bits per heavy atom. The third-order valence-corrected chi connectivity index (χ3v) is 4.17. The van der Waals surface area contributed by atoms with Gasteiger partial charge in [0.05, 0.1) is 5.52 Å². The SMILES string of the molecule is CCN(CC)CCC[C@@H](C)Nc1ccnc2ccc(N)cc12. The molecule has 2 rings (SSSR count). The van der Waals surface area contributed by atoms with E-state index in [2.05, 4.69) is 36.0 Å². The van der Waals surface area contributed by atoms with Gasteiger partial charge in [0.2, 0.25) is 0 Å². The molecule has 0 aliphatic carbocycles. The van der Waals surface area contributed by atoms with Crippen LogP contribution in [0.15, 0.2) is 30.5 Å². The summed E-state index contributed by atoms with van der Waals surface area (Å²) >= 11 is 0. The molecule has 4 nitrogen and oxygen atoms in total. The minimum Gasteiger partial charge on any atom is -0.399 e. The van der Waals surface area contributed by atoms with Gasteiger partial charge in [-0.15, -0.1) is 0 Å². The highest BCUT2D eigenvalue weighted by Crippen LogP contribution is 2.24. The topological polar surface area (TPSA) is 54.2 Å². The molecule has 0 unspecified atom stereocenters. The molecule has 0 saturated heterocycles. The Morgan fingerprint density at radius 3 is 2.73 bits per heavy atom. The first-order valence-electron chi connectivity index (χ1n) is 8.27. The van der Waals surface area contributed by atoms with Crippen LogP contribution in [-0.4, -0.2) is 35.6 Å². The molecule has 22 heavy (non-hydrogen) atoms.